The second kappa shape index (κ2) is 7.44. The van der Waals surface area contributed by atoms with Gasteiger partial charge in [-0.05, 0) is 48.1 Å². The normalized spacial score (nSPS) is 15.7. The summed E-state index contributed by atoms with van der Waals surface area (Å²) < 4.78 is 10.5. The van der Waals surface area contributed by atoms with Crippen LogP contribution in [0.25, 0.3) is 10.8 Å². The summed E-state index contributed by atoms with van der Waals surface area (Å²) in [5, 5.41) is 10.8. The number of nitrogens with zero attached hydrogens (tertiary/aromatic N) is 2. The highest BCUT2D eigenvalue weighted by Gasteiger charge is 2.38. The van der Waals surface area contributed by atoms with E-state index < -0.39 is 11.0 Å². The number of benzene rings is 2. The number of nitriles is 1. The largest absolute Gasteiger partial charge is 0.497 e. The first-order valence-corrected chi connectivity index (χ1v) is 9.44. The molecule has 1 amide bonds. The molecule has 4 rings (SSSR count). The van der Waals surface area contributed by atoms with Crippen molar-refractivity contribution in [1.82, 2.24) is 4.90 Å². The molecule has 0 N–H and O–H groups in total. The number of methoxy groups -OCH3 is 1. The summed E-state index contributed by atoms with van der Waals surface area (Å²) in [6, 6.07) is 18.7. The number of rotatable bonds is 3. The molecule has 29 heavy (non-hydrogen) atoms. The summed E-state index contributed by atoms with van der Waals surface area (Å²) in [5.74, 6) is 0.257. The molecule has 6 nitrogen and oxygen atoms in total. The molecule has 6 heteroatoms. The fourth-order valence-electron chi connectivity index (χ4n) is 3.87. The number of carbonyl (C=O) groups is 1. The van der Waals surface area contributed by atoms with Gasteiger partial charge in [-0.3, -0.25) is 4.79 Å². The number of amides is 1. The zero-order valence-electron chi connectivity index (χ0n) is 16.1. The molecule has 0 bridgehead atoms. The average molecular weight is 388 g/mol. The highest BCUT2D eigenvalue weighted by molar-refractivity contribution is 5.95. The Kier molecular flexibility index (Phi) is 4.81. The van der Waals surface area contributed by atoms with Crippen LogP contribution in [0.4, 0.5) is 0 Å². The number of carbonyl (C=O) groups excluding carboxylic acids is 1. The Morgan fingerprint density at radius 3 is 2.52 bits per heavy atom. The van der Waals surface area contributed by atoms with E-state index in [1.165, 1.54) is 0 Å². The lowest BCUT2D eigenvalue weighted by Gasteiger charge is -2.37. The third-order valence-corrected chi connectivity index (χ3v) is 5.62. The Morgan fingerprint density at radius 2 is 1.86 bits per heavy atom. The Labute approximate surface area is 167 Å². The Hall–Kier alpha value is -3.59. The fourth-order valence-corrected chi connectivity index (χ4v) is 3.87. The van der Waals surface area contributed by atoms with E-state index in [0.29, 0.717) is 42.5 Å². The van der Waals surface area contributed by atoms with Gasteiger partial charge in [0.15, 0.2) is 5.76 Å². The molecular weight excluding hydrogens is 368 g/mol. The van der Waals surface area contributed by atoms with Crippen molar-refractivity contribution in [1.29, 1.82) is 5.26 Å². The summed E-state index contributed by atoms with van der Waals surface area (Å²) in [6.07, 6.45) is 1.07. The van der Waals surface area contributed by atoms with Gasteiger partial charge < -0.3 is 14.1 Å². The van der Waals surface area contributed by atoms with Crippen molar-refractivity contribution in [2.45, 2.75) is 18.3 Å². The molecule has 3 aromatic rings. The summed E-state index contributed by atoms with van der Waals surface area (Å²) in [7, 11) is 1.54. The zero-order chi connectivity index (χ0) is 20.4. The van der Waals surface area contributed by atoms with E-state index in [1.54, 1.807) is 36.3 Å². The van der Waals surface area contributed by atoms with Crippen LogP contribution in [0.15, 0.2) is 63.8 Å². The van der Waals surface area contributed by atoms with E-state index in [0.717, 1.165) is 5.56 Å². The molecular formula is C23H20N2O4. The number of hydrogen-bond donors (Lipinski definition) is 0. The van der Waals surface area contributed by atoms with Crippen molar-refractivity contribution >= 4 is 16.7 Å². The SMILES string of the molecule is COc1ccc2c(=O)oc(C(=O)N3CCC(C#N)(c4ccccc4)CC3)cc2c1. The van der Waals surface area contributed by atoms with Crippen LogP contribution in [-0.4, -0.2) is 31.0 Å². The van der Waals surface area contributed by atoms with Crippen molar-refractivity contribution in [3.63, 3.8) is 0 Å². The monoisotopic (exact) mass is 388 g/mol. The van der Waals surface area contributed by atoms with Crippen LogP contribution in [0.5, 0.6) is 5.75 Å². The summed E-state index contributed by atoms with van der Waals surface area (Å²) in [6.45, 7) is 0.836. The molecule has 2 heterocycles. The molecule has 2 aromatic carbocycles. The predicted octanol–water partition coefficient (Wildman–Crippen LogP) is 3.50. The maximum absolute atomic E-state index is 13.0. The van der Waals surface area contributed by atoms with Gasteiger partial charge in [0, 0.05) is 13.1 Å². The molecule has 0 unspecified atom stereocenters. The molecule has 0 spiro atoms. The highest BCUT2D eigenvalue weighted by atomic mass is 16.5. The molecule has 1 fully saturated rings. The van der Waals surface area contributed by atoms with E-state index >= 15 is 0 Å². The molecule has 146 valence electrons. The Balaban J connectivity index is 1.59. The van der Waals surface area contributed by atoms with Gasteiger partial charge in [0.05, 0.1) is 24.0 Å². The van der Waals surface area contributed by atoms with Gasteiger partial charge >= 0.3 is 5.63 Å². The third-order valence-electron chi connectivity index (χ3n) is 5.62. The summed E-state index contributed by atoms with van der Waals surface area (Å²) in [4.78, 5) is 26.9. The average Bonchev–Trinajstić information content (AvgIpc) is 2.78. The molecule has 1 aliphatic heterocycles. The first kappa shape index (κ1) is 18.8. The van der Waals surface area contributed by atoms with Gasteiger partial charge in [0.2, 0.25) is 0 Å². The van der Waals surface area contributed by atoms with Crippen molar-refractivity contribution in [3.8, 4) is 11.8 Å². The van der Waals surface area contributed by atoms with Gasteiger partial charge in [0.1, 0.15) is 5.75 Å². The second-order valence-corrected chi connectivity index (χ2v) is 7.20. The van der Waals surface area contributed by atoms with Gasteiger partial charge in [-0.25, -0.2) is 4.79 Å². The Morgan fingerprint density at radius 1 is 1.14 bits per heavy atom. The van der Waals surface area contributed by atoms with Crippen LogP contribution in [0.3, 0.4) is 0 Å². The third kappa shape index (κ3) is 3.36. The fraction of sp³-hybridized carbons (Fsp3) is 0.261. The van der Waals surface area contributed by atoms with Gasteiger partial charge in [-0.2, -0.15) is 5.26 Å². The first-order chi connectivity index (χ1) is 14.1. The van der Waals surface area contributed by atoms with Gasteiger partial charge in [-0.1, -0.05) is 30.3 Å². The lowest BCUT2D eigenvalue weighted by Crippen LogP contribution is -2.44. The van der Waals surface area contributed by atoms with Crippen LogP contribution >= 0.6 is 0 Å². The molecule has 0 radical (unpaired) electrons. The standard InChI is InChI=1S/C23H20N2O4/c1-28-18-7-8-19-16(13-18)14-20(29-22(19)27)21(26)25-11-9-23(15-24,10-12-25)17-5-3-2-4-6-17/h2-8,13-14H,9-12H2,1H3. The summed E-state index contributed by atoms with van der Waals surface area (Å²) in [5.41, 5.74) is -0.185. The van der Waals surface area contributed by atoms with Crippen LogP contribution < -0.4 is 10.4 Å². The van der Waals surface area contributed by atoms with Crippen molar-refractivity contribution < 1.29 is 13.9 Å². The maximum atomic E-state index is 13.0. The van der Waals surface area contributed by atoms with E-state index in [9.17, 15) is 14.9 Å². The predicted molar refractivity (Wildman–Crippen MR) is 108 cm³/mol. The number of piperidine rings is 1. The topological polar surface area (TPSA) is 83.5 Å². The lowest BCUT2D eigenvalue weighted by atomic mass is 9.74. The molecule has 1 aromatic heterocycles. The number of likely N-dealkylation sites (tertiary alicyclic amines) is 1. The smallest absolute Gasteiger partial charge is 0.344 e. The van der Waals surface area contributed by atoms with Crippen molar-refractivity contribution in [3.05, 3.63) is 76.3 Å². The number of fused-ring (bicyclic) bond motifs is 1. The van der Waals surface area contributed by atoms with Gasteiger partial charge in [-0.15, -0.1) is 0 Å². The van der Waals surface area contributed by atoms with E-state index in [2.05, 4.69) is 6.07 Å². The molecule has 1 saturated heterocycles. The second-order valence-electron chi connectivity index (χ2n) is 7.20. The van der Waals surface area contributed by atoms with Gasteiger partial charge in [0.25, 0.3) is 5.91 Å². The molecule has 0 aliphatic carbocycles. The lowest BCUT2D eigenvalue weighted by molar-refractivity contribution is 0.0655. The maximum Gasteiger partial charge on any atom is 0.344 e. The minimum atomic E-state index is -0.602. The van der Waals surface area contributed by atoms with Crippen molar-refractivity contribution in [2.24, 2.45) is 0 Å². The summed E-state index contributed by atoms with van der Waals surface area (Å²) >= 11 is 0. The van der Waals surface area contributed by atoms with Crippen LogP contribution in [0.2, 0.25) is 0 Å². The van der Waals surface area contributed by atoms with Crippen LogP contribution in [0, 0.1) is 11.3 Å². The Bertz CT molecular complexity index is 1150. The molecule has 0 saturated carbocycles. The molecule has 0 atom stereocenters. The van der Waals surface area contributed by atoms with Crippen LogP contribution in [0.1, 0.15) is 29.0 Å². The van der Waals surface area contributed by atoms with E-state index in [-0.39, 0.29) is 11.7 Å². The number of hydrogen-bond acceptors (Lipinski definition) is 5. The minimum Gasteiger partial charge on any atom is -0.497 e. The number of ether oxygens (including phenoxy) is 1. The minimum absolute atomic E-state index is 0.0000724. The first-order valence-electron chi connectivity index (χ1n) is 9.44. The quantitative estimate of drug-likeness (QED) is 0.686. The van der Waals surface area contributed by atoms with E-state index in [1.807, 2.05) is 30.3 Å². The zero-order valence-corrected chi connectivity index (χ0v) is 16.1. The van der Waals surface area contributed by atoms with E-state index in [4.69, 9.17) is 9.15 Å². The highest BCUT2D eigenvalue weighted by Crippen LogP contribution is 2.35. The van der Waals surface area contributed by atoms with Crippen molar-refractivity contribution in [2.75, 3.05) is 20.2 Å². The molecule has 1 aliphatic rings. The van der Waals surface area contributed by atoms with Crippen LogP contribution in [-0.2, 0) is 5.41 Å².